The van der Waals surface area contributed by atoms with E-state index < -0.39 is 5.60 Å². The van der Waals surface area contributed by atoms with E-state index in [2.05, 4.69) is 15.4 Å². The first kappa shape index (κ1) is 6.79. The number of rotatable bonds is 2. The van der Waals surface area contributed by atoms with Crippen LogP contribution in [-0.2, 0) is 12.0 Å². The van der Waals surface area contributed by atoms with Gasteiger partial charge in [-0.2, -0.15) is 15.4 Å². The Kier molecular flexibility index (Phi) is 1.26. The van der Waals surface area contributed by atoms with Crippen LogP contribution in [0.5, 0.6) is 0 Å². The van der Waals surface area contributed by atoms with Crippen molar-refractivity contribution in [2.24, 2.45) is 0 Å². The third-order valence-electron chi connectivity index (χ3n) is 2.12. The number of aromatic nitrogens is 3. The van der Waals surface area contributed by atoms with Crippen molar-refractivity contribution in [3.63, 3.8) is 0 Å². The number of nitrogens with zero attached hydrogens (tertiary/aromatic N) is 2. The molecule has 4 heteroatoms. The minimum Gasteiger partial charge on any atom is -0.383 e. The highest BCUT2D eigenvalue weighted by atomic mass is 16.3. The molecule has 1 aromatic heterocycles. The quantitative estimate of drug-likeness (QED) is 0.644. The summed E-state index contributed by atoms with van der Waals surface area (Å²) in [6.45, 7) is 2.01. The van der Waals surface area contributed by atoms with Crippen molar-refractivity contribution < 1.29 is 5.11 Å². The third kappa shape index (κ3) is 0.939. The van der Waals surface area contributed by atoms with Crippen molar-refractivity contribution in [3.8, 4) is 0 Å². The monoisotopic (exact) mass is 153 g/mol. The normalized spacial score (nSPS) is 20.2. The third-order valence-corrected chi connectivity index (χ3v) is 2.12. The van der Waals surface area contributed by atoms with Gasteiger partial charge in [0.1, 0.15) is 11.3 Å². The lowest BCUT2D eigenvalue weighted by atomic mass is 10.1. The van der Waals surface area contributed by atoms with E-state index in [9.17, 15) is 5.11 Å². The van der Waals surface area contributed by atoms with Crippen molar-refractivity contribution in [2.45, 2.75) is 31.8 Å². The number of aryl methyl sites for hydroxylation is 1. The van der Waals surface area contributed by atoms with E-state index in [0.717, 1.165) is 30.7 Å². The van der Waals surface area contributed by atoms with Gasteiger partial charge in [-0.25, -0.2) is 0 Å². The van der Waals surface area contributed by atoms with Crippen molar-refractivity contribution in [2.75, 3.05) is 0 Å². The Morgan fingerprint density at radius 2 is 2.27 bits per heavy atom. The SMILES string of the molecule is CCc1n[nH]nc1C1(O)CC1. The lowest BCUT2D eigenvalue weighted by Crippen LogP contribution is -2.07. The molecule has 0 saturated heterocycles. The van der Waals surface area contributed by atoms with Crippen LogP contribution in [-0.4, -0.2) is 20.5 Å². The van der Waals surface area contributed by atoms with Gasteiger partial charge < -0.3 is 5.11 Å². The summed E-state index contributed by atoms with van der Waals surface area (Å²) in [5, 5.41) is 20.1. The Morgan fingerprint density at radius 3 is 2.82 bits per heavy atom. The van der Waals surface area contributed by atoms with Crippen LogP contribution in [0.2, 0.25) is 0 Å². The van der Waals surface area contributed by atoms with E-state index in [1.165, 1.54) is 0 Å². The zero-order valence-electron chi connectivity index (χ0n) is 6.46. The average Bonchev–Trinajstić information content (AvgIpc) is 2.61. The van der Waals surface area contributed by atoms with E-state index >= 15 is 0 Å². The van der Waals surface area contributed by atoms with Crippen molar-refractivity contribution in [3.05, 3.63) is 11.4 Å². The second-order valence-electron chi connectivity index (χ2n) is 3.00. The van der Waals surface area contributed by atoms with Gasteiger partial charge in [0.05, 0.1) is 5.69 Å². The molecule has 0 amide bonds. The molecule has 1 saturated carbocycles. The first-order chi connectivity index (χ1) is 5.26. The second-order valence-corrected chi connectivity index (χ2v) is 3.00. The summed E-state index contributed by atoms with van der Waals surface area (Å²) in [6, 6.07) is 0. The molecular formula is C7H11N3O. The maximum absolute atomic E-state index is 9.68. The molecular weight excluding hydrogens is 142 g/mol. The van der Waals surface area contributed by atoms with Crippen molar-refractivity contribution in [1.82, 2.24) is 15.4 Å². The van der Waals surface area contributed by atoms with Crippen LogP contribution in [0, 0.1) is 0 Å². The van der Waals surface area contributed by atoms with Gasteiger partial charge in [0.15, 0.2) is 0 Å². The topological polar surface area (TPSA) is 61.8 Å². The summed E-state index contributed by atoms with van der Waals surface area (Å²) in [5.41, 5.74) is 1.00. The molecule has 0 aromatic carbocycles. The van der Waals surface area contributed by atoms with Crippen LogP contribution in [0.25, 0.3) is 0 Å². The predicted octanol–water partition coefficient (Wildman–Crippen LogP) is 0.348. The average molecular weight is 153 g/mol. The molecule has 0 radical (unpaired) electrons. The minimum atomic E-state index is -0.641. The fraction of sp³-hybridized carbons (Fsp3) is 0.714. The highest BCUT2D eigenvalue weighted by Gasteiger charge is 2.46. The first-order valence-corrected chi connectivity index (χ1v) is 3.89. The maximum Gasteiger partial charge on any atom is 0.117 e. The molecule has 0 atom stereocenters. The van der Waals surface area contributed by atoms with Crippen LogP contribution < -0.4 is 0 Å². The highest BCUT2D eigenvalue weighted by Crippen LogP contribution is 2.45. The molecule has 1 aromatic rings. The van der Waals surface area contributed by atoms with E-state index in [1.54, 1.807) is 0 Å². The summed E-state index contributed by atoms with van der Waals surface area (Å²) in [6.07, 6.45) is 2.48. The van der Waals surface area contributed by atoms with Crippen molar-refractivity contribution in [1.29, 1.82) is 0 Å². The van der Waals surface area contributed by atoms with Crippen LogP contribution >= 0.6 is 0 Å². The molecule has 60 valence electrons. The fourth-order valence-electron chi connectivity index (χ4n) is 1.23. The van der Waals surface area contributed by atoms with Gasteiger partial charge >= 0.3 is 0 Å². The molecule has 2 rings (SSSR count). The maximum atomic E-state index is 9.68. The first-order valence-electron chi connectivity index (χ1n) is 3.89. The zero-order valence-corrected chi connectivity index (χ0v) is 6.46. The number of aromatic amines is 1. The minimum absolute atomic E-state index is 0.641. The Bertz CT molecular complexity index is 264. The lowest BCUT2D eigenvalue weighted by Gasteiger charge is -2.02. The van der Waals surface area contributed by atoms with Gasteiger partial charge in [0.25, 0.3) is 0 Å². The smallest absolute Gasteiger partial charge is 0.117 e. The zero-order chi connectivity index (χ0) is 7.90. The number of hydrogen-bond acceptors (Lipinski definition) is 3. The van der Waals surface area contributed by atoms with Crippen LogP contribution in [0.1, 0.15) is 31.2 Å². The van der Waals surface area contributed by atoms with Gasteiger partial charge in [-0.15, -0.1) is 0 Å². The Morgan fingerprint density at radius 1 is 1.55 bits per heavy atom. The Balaban J connectivity index is 2.36. The summed E-state index contributed by atoms with van der Waals surface area (Å²) >= 11 is 0. The number of hydrogen-bond donors (Lipinski definition) is 2. The molecule has 1 aliphatic rings. The largest absolute Gasteiger partial charge is 0.383 e. The molecule has 0 aliphatic heterocycles. The van der Waals surface area contributed by atoms with E-state index in [-0.39, 0.29) is 0 Å². The lowest BCUT2D eigenvalue weighted by molar-refractivity contribution is 0.145. The predicted molar refractivity (Wildman–Crippen MR) is 38.9 cm³/mol. The summed E-state index contributed by atoms with van der Waals surface area (Å²) < 4.78 is 0. The molecule has 1 fully saturated rings. The van der Waals surface area contributed by atoms with Gasteiger partial charge in [-0.3, -0.25) is 0 Å². The molecule has 1 aliphatic carbocycles. The molecule has 0 unspecified atom stereocenters. The number of aliphatic hydroxyl groups is 1. The van der Waals surface area contributed by atoms with Crippen molar-refractivity contribution >= 4 is 0 Å². The molecule has 1 heterocycles. The molecule has 4 nitrogen and oxygen atoms in total. The Labute approximate surface area is 64.6 Å². The van der Waals surface area contributed by atoms with E-state index in [0.29, 0.717) is 0 Å². The summed E-state index contributed by atoms with van der Waals surface area (Å²) in [5.74, 6) is 0. The molecule has 2 N–H and O–H groups in total. The van der Waals surface area contributed by atoms with Gasteiger partial charge in [0.2, 0.25) is 0 Å². The van der Waals surface area contributed by atoms with Crippen LogP contribution in [0.4, 0.5) is 0 Å². The molecule has 11 heavy (non-hydrogen) atoms. The fourth-order valence-corrected chi connectivity index (χ4v) is 1.23. The standard InChI is InChI=1S/C7H11N3O/c1-2-5-6(9-10-8-5)7(11)3-4-7/h11H,2-4H2,1H3,(H,8,9,10). The van der Waals surface area contributed by atoms with E-state index in [4.69, 9.17) is 0 Å². The Hall–Kier alpha value is -0.900. The highest BCUT2D eigenvalue weighted by molar-refractivity contribution is 5.22. The molecule has 0 spiro atoms. The van der Waals surface area contributed by atoms with Crippen LogP contribution in [0.3, 0.4) is 0 Å². The number of H-pyrrole nitrogens is 1. The van der Waals surface area contributed by atoms with E-state index in [1.807, 2.05) is 6.92 Å². The van der Waals surface area contributed by atoms with Gasteiger partial charge in [0, 0.05) is 0 Å². The molecule has 0 bridgehead atoms. The summed E-state index contributed by atoms with van der Waals surface area (Å²) in [4.78, 5) is 0. The summed E-state index contributed by atoms with van der Waals surface area (Å²) in [7, 11) is 0. The van der Waals surface area contributed by atoms with Crippen LogP contribution in [0.15, 0.2) is 0 Å². The second kappa shape index (κ2) is 2.04. The van der Waals surface area contributed by atoms with Gasteiger partial charge in [-0.1, -0.05) is 6.92 Å². The van der Waals surface area contributed by atoms with Gasteiger partial charge in [-0.05, 0) is 19.3 Å². The number of nitrogens with one attached hydrogen (secondary N) is 1.